The molecule has 116 valence electrons. The van der Waals surface area contributed by atoms with E-state index in [0.29, 0.717) is 16.5 Å². The van der Waals surface area contributed by atoms with Crippen LogP contribution in [0.2, 0.25) is 5.02 Å². The SMILES string of the molecule is CC(Sc1ccc(Cl)cn1)C(=O)N(C)C1CCS(=O)(=O)C1. The number of carbonyl (C=O) groups is 1. The normalized spacial score (nSPS) is 22.0. The highest BCUT2D eigenvalue weighted by atomic mass is 35.5. The Morgan fingerprint density at radius 1 is 1.52 bits per heavy atom. The number of aromatic nitrogens is 1. The van der Waals surface area contributed by atoms with Crippen molar-refractivity contribution in [3.63, 3.8) is 0 Å². The predicted molar refractivity (Wildman–Crippen MR) is 84.4 cm³/mol. The lowest BCUT2D eigenvalue weighted by atomic mass is 10.2. The van der Waals surface area contributed by atoms with Gasteiger partial charge in [0.2, 0.25) is 5.91 Å². The lowest BCUT2D eigenvalue weighted by Crippen LogP contribution is -2.41. The molecular formula is C13H17ClN2O3S2. The molecular weight excluding hydrogens is 332 g/mol. The predicted octanol–water partition coefficient (Wildman–Crippen LogP) is 1.86. The van der Waals surface area contributed by atoms with Crippen molar-refractivity contribution >= 4 is 39.1 Å². The van der Waals surface area contributed by atoms with E-state index in [-0.39, 0.29) is 28.7 Å². The standard InChI is InChI=1S/C13H17ClN2O3S2/c1-9(20-12-4-3-10(14)7-15-12)13(17)16(2)11-5-6-21(18,19)8-11/h3-4,7,9,11H,5-6,8H2,1-2H3. The van der Waals surface area contributed by atoms with Crippen molar-refractivity contribution in [1.82, 2.24) is 9.88 Å². The number of sulfone groups is 1. The Morgan fingerprint density at radius 2 is 2.24 bits per heavy atom. The van der Waals surface area contributed by atoms with Crippen LogP contribution in [0.15, 0.2) is 23.4 Å². The Kier molecular flexibility index (Phi) is 5.16. The summed E-state index contributed by atoms with van der Waals surface area (Å²) in [5.41, 5.74) is 0. The van der Waals surface area contributed by atoms with Crippen molar-refractivity contribution in [2.45, 2.75) is 29.7 Å². The zero-order valence-corrected chi connectivity index (χ0v) is 14.2. The van der Waals surface area contributed by atoms with Gasteiger partial charge < -0.3 is 4.90 Å². The number of thioether (sulfide) groups is 1. The lowest BCUT2D eigenvalue weighted by Gasteiger charge is -2.26. The van der Waals surface area contributed by atoms with Gasteiger partial charge in [-0.05, 0) is 25.5 Å². The molecule has 2 atom stereocenters. The van der Waals surface area contributed by atoms with E-state index in [4.69, 9.17) is 11.6 Å². The summed E-state index contributed by atoms with van der Waals surface area (Å²) in [6.45, 7) is 1.79. The number of amides is 1. The number of carbonyl (C=O) groups excluding carboxylic acids is 1. The first-order chi connectivity index (χ1) is 9.78. The Labute approximate surface area is 134 Å². The summed E-state index contributed by atoms with van der Waals surface area (Å²) in [6, 6.07) is 3.27. The fraction of sp³-hybridized carbons (Fsp3) is 0.538. The van der Waals surface area contributed by atoms with Gasteiger partial charge in [-0.15, -0.1) is 0 Å². The molecule has 21 heavy (non-hydrogen) atoms. The molecule has 8 heteroatoms. The molecule has 1 aliphatic rings. The van der Waals surface area contributed by atoms with E-state index in [1.165, 1.54) is 18.0 Å². The Balaban J connectivity index is 1.97. The minimum Gasteiger partial charge on any atom is -0.341 e. The van der Waals surface area contributed by atoms with Crippen LogP contribution in [0.1, 0.15) is 13.3 Å². The Bertz CT molecular complexity index is 619. The Hall–Kier alpha value is -0.790. The van der Waals surface area contributed by atoms with Crippen molar-refractivity contribution < 1.29 is 13.2 Å². The summed E-state index contributed by atoms with van der Waals surface area (Å²) in [5, 5.41) is 0.936. The molecule has 0 N–H and O–H groups in total. The van der Waals surface area contributed by atoms with Crippen molar-refractivity contribution in [2.24, 2.45) is 0 Å². The third-order valence-corrected chi connectivity index (χ3v) is 6.46. The second-order valence-corrected chi connectivity index (χ2v) is 9.11. The molecule has 0 bridgehead atoms. The monoisotopic (exact) mass is 348 g/mol. The summed E-state index contributed by atoms with van der Waals surface area (Å²) in [4.78, 5) is 18.1. The number of hydrogen-bond acceptors (Lipinski definition) is 5. The molecule has 2 rings (SSSR count). The highest BCUT2D eigenvalue weighted by Crippen LogP contribution is 2.25. The number of pyridine rings is 1. The molecule has 2 unspecified atom stereocenters. The molecule has 0 spiro atoms. The third-order valence-electron chi connectivity index (χ3n) is 3.45. The van der Waals surface area contributed by atoms with Crippen LogP contribution in [0.5, 0.6) is 0 Å². The molecule has 0 saturated carbocycles. The first-order valence-electron chi connectivity index (χ1n) is 6.54. The maximum absolute atomic E-state index is 12.4. The second kappa shape index (κ2) is 6.54. The highest BCUT2D eigenvalue weighted by molar-refractivity contribution is 8.00. The lowest BCUT2D eigenvalue weighted by molar-refractivity contribution is -0.130. The van der Waals surface area contributed by atoms with Crippen LogP contribution in [0.3, 0.4) is 0 Å². The molecule has 1 aromatic heterocycles. The molecule has 5 nitrogen and oxygen atoms in total. The zero-order valence-electron chi connectivity index (χ0n) is 11.8. The van der Waals surface area contributed by atoms with Gasteiger partial charge >= 0.3 is 0 Å². The molecule has 0 radical (unpaired) electrons. The van der Waals surface area contributed by atoms with Crippen LogP contribution in [-0.4, -0.2) is 54.1 Å². The molecule has 2 heterocycles. The molecule has 1 amide bonds. The van der Waals surface area contributed by atoms with E-state index >= 15 is 0 Å². The largest absolute Gasteiger partial charge is 0.341 e. The van der Waals surface area contributed by atoms with Crippen molar-refractivity contribution in [3.8, 4) is 0 Å². The van der Waals surface area contributed by atoms with Crippen LogP contribution in [0.25, 0.3) is 0 Å². The molecule has 0 aliphatic carbocycles. The van der Waals surface area contributed by atoms with Crippen molar-refractivity contribution in [1.29, 1.82) is 0 Å². The smallest absolute Gasteiger partial charge is 0.235 e. The molecule has 1 aliphatic heterocycles. The van der Waals surface area contributed by atoms with Crippen LogP contribution >= 0.6 is 23.4 Å². The Morgan fingerprint density at radius 3 is 2.76 bits per heavy atom. The number of rotatable bonds is 4. The first kappa shape index (κ1) is 16.6. The van der Waals surface area contributed by atoms with E-state index in [1.807, 2.05) is 0 Å². The van der Waals surface area contributed by atoms with E-state index in [9.17, 15) is 13.2 Å². The fourth-order valence-electron chi connectivity index (χ4n) is 2.21. The van der Waals surface area contributed by atoms with Gasteiger partial charge in [-0.1, -0.05) is 23.4 Å². The van der Waals surface area contributed by atoms with Crippen molar-refractivity contribution in [3.05, 3.63) is 23.4 Å². The summed E-state index contributed by atoms with van der Waals surface area (Å²) in [6.07, 6.45) is 2.05. The van der Waals surface area contributed by atoms with Crippen molar-refractivity contribution in [2.75, 3.05) is 18.6 Å². The van der Waals surface area contributed by atoms with E-state index < -0.39 is 9.84 Å². The molecule has 1 saturated heterocycles. The third kappa shape index (κ3) is 4.34. The molecule has 0 aromatic carbocycles. The van der Waals surface area contributed by atoms with Gasteiger partial charge in [0.1, 0.15) is 0 Å². The quantitative estimate of drug-likeness (QED) is 0.777. The van der Waals surface area contributed by atoms with Gasteiger partial charge in [0.05, 0.1) is 26.8 Å². The number of nitrogens with zero attached hydrogens (tertiary/aromatic N) is 2. The van der Waals surface area contributed by atoms with Gasteiger partial charge in [-0.2, -0.15) is 0 Å². The van der Waals surface area contributed by atoms with Gasteiger partial charge in [0, 0.05) is 19.3 Å². The summed E-state index contributed by atoms with van der Waals surface area (Å²) in [5.74, 6) is 0.139. The topological polar surface area (TPSA) is 67.3 Å². The fourth-order valence-corrected chi connectivity index (χ4v) is 4.99. The van der Waals surface area contributed by atoms with Crippen LogP contribution in [0, 0.1) is 0 Å². The van der Waals surface area contributed by atoms with Gasteiger partial charge in [0.15, 0.2) is 9.84 Å². The van der Waals surface area contributed by atoms with Gasteiger partial charge in [0.25, 0.3) is 0 Å². The van der Waals surface area contributed by atoms with Crippen LogP contribution in [0.4, 0.5) is 0 Å². The average molecular weight is 349 g/mol. The van der Waals surface area contributed by atoms with E-state index in [1.54, 1.807) is 31.0 Å². The molecule has 1 aromatic rings. The van der Waals surface area contributed by atoms with Gasteiger partial charge in [-0.3, -0.25) is 4.79 Å². The first-order valence-corrected chi connectivity index (χ1v) is 9.62. The minimum atomic E-state index is -2.99. The minimum absolute atomic E-state index is 0.0613. The second-order valence-electron chi connectivity index (χ2n) is 5.08. The zero-order chi connectivity index (χ0) is 15.6. The maximum Gasteiger partial charge on any atom is 0.235 e. The summed E-state index contributed by atoms with van der Waals surface area (Å²) in [7, 11) is -1.32. The van der Waals surface area contributed by atoms with E-state index in [0.717, 1.165) is 0 Å². The highest BCUT2D eigenvalue weighted by Gasteiger charge is 2.34. The van der Waals surface area contributed by atoms with Gasteiger partial charge in [-0.25, -0.2) is 13.4 Å². The number of hydrogen-bond donors (Lipinski definition) is 0. The van der Waals surface area contributed by atoms with Crippen LogP contribution < -0.4 is 0 Å². The van der Waals surface area contributed by atoms with E-state index in [2.05, 4.69) is 4.98 Å². The average Bonchev–Trinajstić information content (AvgIpc) is 2.80. The maximum atomic E-state index is 12.4. The summed E-state index contributed by atoms with van der Waals surface area (Å²) >= 11 is 7.11. The summed E-state index contributed by atoms with van der Waals surface area (Å²) < 4.78 is 23.0. The molecule has 1 fully saturated rings. The van der Waals surface area contributed by atoms with Crippen LogP contribution in [-0.2, 0) is 14.6 Å². The number of halogens is 1.